The molecular weight excluding hydrogens is 507 g/mol. The van der Waals surface area contributed by atoms with Crippen LogP contribution in [0.4, 0.5) is 18.9 Å². The van der Waals surface area contributed by atoms with Crippen LogP contribution in [0.1, 0.15) is 66.2 Å². The van der Waals surface area contributed by atoms with E-state index in [0.29, 0.717) is 6.07 Å². The highest BCUT2D eigenvalue weighted by Gasteiger charge is 2.82. The summed E-state index contributed by atoms with van der Waals surface area (Å²) in [4.78, 5) is 52.6. The Morgan fingerprint density at radius 3 is 2.50 bits per heavy atom. The van der Waals surface area contributed by atoms with Crippen LogP contribution in [0.25, 0.3) is 0 Å². The fourth-order valence-corrected chi connectivity index (χ4v) is 6.24. The fourth-order valence-electron chi connectivity index (χ4n) is 6.24. The highest BCUT2D eigenvalue weighted by atomic mass is 19.4. The van der Waals surface area contributed by atoms with E-state index in [2.05, 4.69) is 15.5 Å². The van der Waals surface area contributed by atoms with Gasteiger partial charge in [0.2, 0.25) is 11.8 Å². The Morgan fingerprint density at radius 1 is 1.24 bits per heavy atom. The molecule has 0 spiro atoms. The number of halogens is 3. The summed E-state index contributed by atoms with van der Waals surface area (Å²) in [6.07, 6.45) is -4.74. The molecule has 3 fully saturated rings. The Morgan fingerprint density at radius 2 is 1.92 bits per heavy atom. The van der Waals surface area contributed by atoms with Gasteiger partial charge < -0.3 is 10.1 Å². The van der Waals surface area contributed by atoms with Crippen molar-refractivity contribution in [3.05, 3.63) is 46.8 Å². The van der Waals surface area contributed by atoms with Gasteiger partial charge in [0.15, 0.2) is 11.5 Å². The summed E-state index contributed by atoms with van der Waals surface area (Å²) >= 11 is 0. The van der Waals surface area contributed by atoms with Crippen molar-refractivity contribution in [1.82, 2.24) is 15.5 Å². The smallest absolute Gasteiger partial charge is 0.365 e. The molecule has 1 aromatic heterocycles. The largest absolute Gasteiger partial charge is 0.417 e. The van der Waals surface area contributed by atoms with Gasteiger partial charge in [0.25, 0.3) is 5.91 Å². The Hall–Kier alpha value is -4.05. The molecule has 1 aromatic carbocycles. The summed E-state index contributed by atoms with van der Waals surface area (Å²) in [5.74, 6) is -3.55. The first-order valence-electron chi connectivity index (χ1n) is 11.7. The molecule has 0 saturated carbocycles. The number of rotatable bonds is 4. The molecule has 0 aliphatic carbocycles. The summed E-state index contributed by atoms with van der Waals surface area (Å²) < 4.78 is 47.0. The lowest BCUT2D eigenvalue weighted by Gasteiger charge is -2.41. The molecule has 5 rings (SSSR count). The van der Waals surface area contributed by atoms with Gasteiger partial charge in [-0.15, -0.1) is 0 Å². The molecule has 3 amide bonds. The number of imide groups is 1. The quantitative estimate of drug-likeness (QED) is 0.458. The number of nitrogens with zero attached hydrogens (tertiary/aromatic N) is 3. The molecule has 0 radical (unpaired) electrons. The van der Waals surface area contributed by atoms with Crippen LogP contribution >= 0.6 is 0 Å². The maximum absolute atomic E-state index is 13.7. The van der Waals surface area contributed by atoms with Crippen LogP contribution in [0.2, 0.25) is 0 Å². The Labute approximate surface area is 214 Å². The summed E-state index contributed by atoms with van der Waals surface area (Å²) in [5, 5.41) is 18.2. The van der Waals surface area contributed by atoms with Gasteiger partial charge in [-0.05, 0) is 45.0 Å². The molecule has 4 heterocycles. The molecule has 3 saturated heterocycles. The number of carbonyl (C=O) groups is 4. The number of hydrogen-bond donors (Lipinski definition) is 2. The number of benzene rings is 1. The SMILES string of the molecule is CC(=O)c1cc(C(=O)N[C@H]2C[C@]3(C)O[C@@]2(C)[C@H]2C(=O)N(c4ccc(C#N)c(C(F)(F)F)c4)C(=O)[C@]23C)n[nH]1. The zero-order valence-corrected chi connectivity index (χ0v) is 20.7. The van der Waals surface area contributed by atoms with Crippen molar-refractivity contribution in [3.8, 4) is 6.07 Å². The van der Waals surface area contributed by atoms with Crippen LogP contribution in [-0.2, 0) is 20.5 Å². The third-order valence-electron chi connectivity index (χ3n) is 8.28. The van der Waals surface area contributed by atoms with Gasteiger partial charge in [0.05, 0.1) is 51.5 Å². The number of nitrogens with one attached hydrogen (secondary N) is 2. The van der Waals surface area contributed by atoms with Crippen molar-refractivity contribution in [2.75, 3.05) is 4.90 Å². The fraction of sp³-hybridized carbons (Fsp3) is 0.440. The van der Waals surface area contributed by atoms with Crippen molar-refractivity contribution in [3.63, 3.8) is 0 Å². The summed E-state index contributed by atoms with van der Waals surface area (Å²) in [6, 6.07) is 4.69. The lowest BCUT2D eigenvalue weighted by atomic mass is 9.57. The molecule has 38 heavy (non-hydrogen) atoms. The van der Waals surface area contributed by atoms with E-state index < -0.39 is 63.6 Å². The van der Waals surface area contributed by atoms with Crippen LogP contribution in [0.3, 0.4) is 0 Å². The normalized spacial score (nSPS) is 31.9. The number of carbonyl (C=O) groups excluding carboxylic acids is 4. The number of ketones is 1. The number of aromatic nitrogens is 2. The first-order chi connectivity index (χ1) is 17.6. The number of H-pyrrole nitrogens is 1. The van der Waals surface area contributed by atoms with Crippen LogP contribution in [0.5, 0.6) is 0 Å². The van der Waals surface area contributed by atoms with Crippen molar-refractivity contribution in [2.24, 2.45) is 11.3 Å². The summed E-state index contributed by atoms with van der Waals surface area (Å²) in [7, 11) is 0. The second-order valence-corrected chi connectivity index (χ2v) is 10.4. The lowest BCUT2D eigenvalue weighted by molar-refractivity contribution is -0.138. The van der Waals surface area contributed by atoms with Crippen molar-refractivity contribution >= 4 is 29.2 Å². The van der Waals surface area contributed by atoms with E-state index in [9.17, 15) is 32.3 Å². The first-order valence-corrected chi connectivity index (χ1v) is 11.7. The van der Waals surface area contributed by atoms with Crippen LogP contribution in [0, 0.1) is 22.7 Å². The minimum Gasteiger partial charge on any atom is -0.365 e. The van der Waals surface area contributed by atoms with Gasteiger partial charge in [0, 0.05) is 13.3 Å². The highest BCUT2D eigenvalue weighted by Crippen LogP contribution is 2.67. The Balaban J connectivity index is 1.50. The monoisotopic (exact) mass is 529 g/mol. The molecule has 3 aliphatic rings. The maximum Gasteiger partial charge on any atom is 0.417 e. The first kappa shape index (κ1) is 25.6. The third kappa shape index (κ3) is 3.19. The standard InChI is InChI=1S/C25H22F3N5O5/c1-11(34)15-8-16(32-31-15)19(35)30-17-9-22(2)23(3)18(24(17,4)38-22)20(36)33(21(23)37)13-6-5-12(10-29)14(7-13)25(26,27)28/h5-8,17-18H,9H2,1-4H3,(H,30,35)(H,31,32)/t17-,18-,22-,23-,24+/m0/s1. The number of nitriles is 1. The average Bonchev–Trinajstić information content (AvgIpc) is 3.51. The number of aromatic amines is 1. The predicted octanol–water partition coefficient (Wildman–Crippen LogP) is 2.75. The van der Waals surface area contributed by atoms with Gasteiger partial charge in [0.1, 0.15) is 5.69 Å². The van der Waals surface area contributed by atoms with Crippen LogP contribution < -0.4 is 10.2 Å². The lowest BCUT2D eigenvalue weighted by Crippen LogP contribution is -2.59. The van der Waals surface area contributed by atoms with E-state index >= 15 is 0 Å². The second kappa shape index (κ2) is 7.73. The molecule has 198 valence electrons. The van der Waals surface area contributed by atoms with Crippen LogP contribution in [0.15, 0.2) is 24.3 Å². The van der Waals surface area contributed by atoms with Crippen molar-refractivity contribution < 1.29 is 37.1 Å². The highest BCUT2D eigenvalue weighted by molar-refractivity contribution is 6.25. The minimum absolute atomic E-state index is 0.0535. The Kier molecular flexibility index (Phi) is 5.21. The number of fused-ring (bicyclic) bond motifs is 5. The molecule has 2 N–H and O–H groups in total. The van der Waals surface area contributed by atoms with E-state index in [1.165, 1.54) is 19.1 Å². The molecule has 5 atom stereocenters. The number of anilines is 1. The van der Waals surface area contributed by atoms with Crippen molar-refractivity contribution in [2.45, 2.75) is 57.5 Å². The van der Waals surface area contributed by atoms with Gasteiger partial charge in [-0.1, -0.05) is 0 Å². The maximum atomic E-state index is 13.7. The third-order valence-corrected chi connectivity index (χ3v) is 8.28. The molecule has 0 unspecified atom stereocenters. The molecule has 13 heteroatoms. The van der Waals surface area contributed by atoms with Crippen LogP contribution in [-0.4, -0.2) is 50.9 Å². The zero-order valence-electron chi connectivity index (χ0n) is 20.7. The molecular formula is C25H22F3N5O5. The van der Waals surface area contributed by atoms with E-state index in [1.807, 2.05) is 0 Å². The summed E-state index contributed by atoms with van der Waals surface area (Å²) in [6.45, 7) is 6.07. The molecule has 3 aliphatic heterocycles. The summed E-state index contributed by atoms with van der Waals surface area (Å²) in [5.41, 5.74) is -6.15. The van der Waals surface area contributed by atoms with E-state index in [-0.39, 0.29) is 29.3 Å². The molecule has 2 bridgehead atoms. The average molecular weight is 529 g/mol. The topological polar surface area (TPSA) is 145 Å². The Bertz CT molecular complexity index is 1480. The van der Waals surface area contributed by atoms with Gasteiger partial charge >= 0.3 is 6.18 Å². The number of ether oxygens (including phenoxy) is 1. The predicted molar refractivity (Wildman–Crippen MR) is 123 cm³/mol. The molecule has 2 aromatic rings. The number of alkyl halides is 3. The van der Waals surface area contributed by atoms with E-state index in [0.717, 1.165) is 17.0 Å². The number of hydrogen-bond acceptors (Lipinski definition) is 7. The number of amides is 3. The van der Waals surface area contributed by atoms with Gasteiger partial charge in [-0.3, -0.25) is 24.3 Å². The minimum atomic E-state index is -4.88. The van der Waals surface area contributed by atoms with Gasteiger partial charge in [-0.25, -0.2) is 4.90 Å². The zero-order chi connectivity index (χ0) is 28.0. The van der Waals surface area contributed by atoms with Gasteiger partial charge in [-0.2, -0.15) is 23.5 Å². The second-order valence-electron chi connectivity index (χ2n) is 10.4. The number of Topliss-reactive ketones (excluding diaryl/α,β-unsaturated/α-hetero) is 1. The van der Waals surface area contributed by atoms with E-state index in [4.69, 9.17) is 10.00 Å². The molecule has 10 nitrogen and oxygen atoms in total. The van der Waals surface area contributed by atoms with E-state index in [1.54, 1.807) is 20.8 Å². The van der Waals surface area contributed by atoms with Crippen molar-refractivity contribution in [1.29, 1.82) is 5.26 Å².